The lowest BCUT2D eigenvalue weighted by atomic mass is 10.1. The van der Waals surface area contributed by atoms with E-state index in [4.69, 9.17) is 14.2 Å². The van der Waals surface area contributed by atoms with Gasteiger partial charge < -0.3 is 24.8 Å². The molecule has 3 rings (SSSR count). The molecule has 1 heterocycles. The molecule has 0 saturated heterocycles. The monoisotopic (exact) mass is 421 g/mol. The molecule has 2 N–H and O–H groups in total. The van der Waals surface area contributed by atoms with Crippen molar-refractivity contribution in [3.8, 4) is 17.2 Å². The van der Waals surface area contributed by atoms with Crippen LogP contribution in [0.15, 0.2) is 66.9 Å². The highest BCUT2D eigenvalue weighted by atomic mass is 16.5. The molecule has 8 nitrogen and oxygen atoms in total. The van der Waals surface area contributed by atoms with Crippen LogP contribution in [-0.4, -0.2) is 37.6 Å². The van der Waals surface area contributed by atoms with Crippen molar-refractivity contribution >= 4 is 17.5 Å². The standard InChI is InChI=1S/C23H23N3O5/c1-24-22(27)15-31-20-10-9-16(12-21(20)29-2)23(28)26-17-7-5-8-19(13-17)30-14-18-6-3-4-11-25-18/h3-13H,14-15H2,1-2H3,(H,24,27)(H,26,28). The highest BCUT2D eigenvalue weighted by Crippen LogP contribution is 2.28. The molecule has 31 heavy (non-hydrogen) atoms. The summed E-state index contributed by atoms with van der Waals surface area (Å²) in [6, 6.07) is 17.4. The second-order valence-electron chi connectivity index (χ2n) is 6.42. The van der Waals surface area contributed by atoms with E-state index in [1.54, 1.807) is 48.7 Å². The first-order valence-corrected chi connectivity index (χ1v) is 9.54. The Morgan fingerprint density at radius 3 is 2.58 bits per heavy atom. The maximum absolute atomic E-state index is 12.7. The lowest BCUT2D eigenvalue weighted by molar-refractivity contribution is -0.122. The average Bonchev–Trinajstić information content (AvgIpc) is 2.82. The maximum atomic E-state index is 12.7. The minimum absolute atomic E-state index is 0.149. The molecular formula is C23H23N3O5. The number of nitrogens with one attached hydrogen (secondary N) is 2. The van der Waals surface area contributed by atoms with E-state index < -0.39 is 0 Å². The Morgan fingerprint density at radius 2 is 1.84 bits per heavy atom. The van der Waals surface area contributed by atoms with Crippen molar-refractivity contribution in [2.75, 3.05) is 26.1 Å². The zero-order chi connectivity index (χ0) is 22.1. The Labute approximate surface area is 180 Å². The van der Waals surface area contributed by atoms with Crippen molar-refractivity contribution in [3.63, 3.8) is 0 Å². The Balaban J connectivity index is 1.64. The van der Waals surface area contributed by atoms with E-state index in [0.29, 0.717) is 35.1 Å². The number of rotatable bonds is 9. The third-order valence-electron chi connectivity index (χ3n) is 4.27. The number of aromatic nitrogens is 1. The van der Waals surface area contributed by atoms with Gasteiger partial charge >= 0.3 is 0 Å². The smallest absolute Gasteiger partial charge is 0.257 e. The molecule has 0 spiro atoms. The molecule has 8 heteroatoms. The van der Waals surface area contributed by atoms with E-state index in [9.17, 15) is 9.59 Å². The van der Waals surface area contributed by atoms with E-state index >= 15 is 0 Å². The van der Waals surface area contributed by atoms with Crippen LogP contribution >= 0.6 is 0 Å². The number of anilines is 1. The van der Waals surface area contributed by atoms with E-state index in [0.717, 1.165) is 5.69 Å². The first-order valence-electron chi connectivity index (χ1n) is 9.54. The molecular weight excluding hydrogens is 398 g/mol. The second kappa shape index (κ2) is 10.6. The minimum Gasteiger partial charge on any atom is -0.493 e. The number of carbonyl (C=O) groups excluding carboxylic acids is 2. The molecule has 0 aliphatic carbocycles. The van der Waals surface area contributed by atoms with Gasteiger partial charge in [0.25, 0.3) is 11.8 Å². The van der Waals surface area contributed by atoms with Crippen LogP contribution in [0, 0.1) is 0 Å². The zero-order valence-corrected chi connectivity index (χ0v) is 17.3. The highest BCUT2D eigenvalue weighted by molar-refractivity contribution is 6.04. The molecule has 3 aromatic rings. The number of amides is 2. The van der Waals surface area contributed by atoms with Crippen LogP contribution in [0.3, 0.4) is 0 Å². The summed E-state index contributed by atoms with van der Waals surface area (Å²) in [5, 5.41) is 5.30. The number of pyridine rings is 1. The summed E-state index contributed by atoms with van der Waals surface area (Å²) in [5.74, 6) is 0.739. The van der Waals surface area contributed by atoms with Gasteiger partial charge in [0.2, 0.25) is 0 Å². The molecule has 0 atom stereocenters. The molecule has 0 bridgehead atoms. The van der Waals surface area contributed by atoms with Crippen LogP contribution in [0.5, 0.6) is 17.2 Å². The topological polar surface area (TPSA) is 98.8 Å². The van der Waals surface area contributed by atoms with Crippen LogP contribution in [0.1, 0.15) is 16.1 Å². The minimum atomic E-state index is -0.321. The lowest BCUT2D eigenvalue weighted by Crippen LogP contribution is -2.25. The van der Waals surface area contributed by atoms with Gasteiger partial charge in [0, 0.05) is 30.6 Å². The van der Waals surface area contributed by atoms with Gasteiger partial charge in [-0.25, -0.2) is 0 Å². The number of methoxy groups -OCH3 is 1. The van der Waals surface area contributed by atoms with Gasteiger partial charge in [-0.3, -0.25) is 14.6 Å². The van der Waals surface area contributed by atoms with Gasteiger partial charge in [-0.05, 0) is 42.5 Å². The van der Waals surface area contributed by atoms with Crippen molar-refractivity contribution in [2.24, 2.45) is 0 Å². The van der Waals surface area contributed by atoms with Crippen LogP contribution in [-0.2, 0) is 11.4 Å². The Bertz CT molecular complexity index is 1040. The zero-order valence-electron chi connectivity index (χ0n) is 17.3. The van der Waals surface area contributed by atoms with Gasteiger partial charge in [0.05, 0.1) is 12.8 Å². The number of likely N-dealkylation sites (N-methyl/N-ethyl adjacent to an activating group) is 1. The number of nitrogens with zero attached hydrogens (tertiary/aromatic N) is 1. The third-order valence-corrected chi connectivity index (χ3v) is 4.27. The molecule has 0 saturated carbocycles. The molecule has 2 aromatic carbocycles. The molecule has 2 amide bonds. The lowest BCUT2D eigenvalue weighted by Gasteiger charge is -2.12. The highest BCUT2D eigenvalue weighted by Gasteiger charge is 2.13. The summed E-state index contributed by atoms with van der Waals surface area (Å²) < 4.78 is 16.4. The summed E-state index contributed by atoms with van der Waals surface area (Å²) in [4.78, 5) is 28.3. The van der Waals surface area contributed by atoms with Crippen molar-refractivity contribution in [1.82, 2.24) is 10.3 Å². The average molecular weight is 421 g/mol. The first-order chi connectivity index (χ1) is 15.1. The quantitative estimate of drug-likeness (QED) is 0.551. The van der Waals surface area contributed by atoms with E-state index in [2.05, 4.69) is 15.6 Å². The van der Waals surface area contributed by atoms with Crippen molar-refractivity contribution in [1.29, 1.82) is 0 Å². The van der Waals surface area contributed by atoms with E-state index in [-0.39, 0.29) is 18.4 Å². The van der Waals surface area contributed by atoms with Crippen LogP contribution < -0.4 is 24.8 Å². The fourth-order valence-electron chi connectivity index (χ4n) is 2.65. The summed E-state index contributed by atoms with van der Waals surface area (Å²) in [6.45, 7) is 0.177. The fourth-order valence-corrected chi connectivity index (χ4v) is 2.65. The number of hydrogen-bond acceptors (Lipinski definition) is 6. The predicted molar refractivity (Wildman–Crippen MR) is 116 cm³/mol. The number of hydrogen-bond donors (Lipinski definition) is 2. The normalized spacial score (nSPS) is 10.1. The van der Waals surface area contributed by atoms with Crippen molar-refractivity contribution in [3.05, 3.63) is 78.1 Å². The van der Waals surface area contributed by atoms with Crippen LogP contribution in [0.25, 0.3) is 0 Å². The van der Waals surface area contributed by atoms with Gasteiger partial charge in [-0.2, -0.15) is 0 Å². The van der Waals surface area contributed by atoms with Crippen LogP contribution in [0.2, 0.25) is 0 Å². The Morgan fingerprint density at radius 1 is 0.968 bits per heavy atom. The predicted octanol–water partition coefficient (Wildman–Crippen LogP) is 3.05. The number of ether oxygens (including phenoxy) is 3. The third kappa shape index (κ3) is 6.20. The number of benzene rings is 2. The molecule has 1 aromatic heterocycles. The summed E-state index contributed by atoms with van der Waals surface area (Å²) in [7, 11) is 2.99. The largest absolute Gasteiger partial charge is 0.493 e. The molecule has 0 unspecified atom stereocenters. The summed E-state index contributed by atoms with van der Waals surface area (Å²) >= 11 is 0. The fraction of sp³-hybridized carbons (Fsp3) is 0.174. The molecule has 0 radical (unpaired) electrons. The summed E-state index contributed by atoms with van der Waals surface area (Å²) in [6.07, 6.45) is 1.71. The van der Waals surface area contributed by atoms with E-state index in [1.165, 1.54) is 14.2 Å². The second-order valence-corrected chi connectivity index (χ2v) is 6.42. The Kier molecular flexibility index (Phi) is 7.42. The molecule has 0 aliphatic heterocycles. The molecule has 0 fully saturated rings. The van der Waals surface area contributed by atoms with Gasteiger partial charge in [-0.1, -0.05) is 12.1 Å². The van der Waals surface area contributed by atoms with Gasteiger partial charge in [0.1, 0.15) is 12.4 Å². The molecule has 160 valence electrons. The maximum Gasteiger partial charge on any atom is 0.257 e. The molecule has 0 aliphatic rings. The summed E-state index contributed by atoms with van der Waals surface area (Å²) in [5.41, 5.74) is 1.77. The van der Waals surface area contributed by atoms with Crippen molar-refractivity contribution in [2.45, 2.75) is 6.61 Å². The number of carbonyl (C=O) groups is 2. The van der Waals surface area contributed by atoms with E-state index in [1.807, 2.05) is 18.2 Å². The Hall–Kier alpha value is -4.07. The van der Waals surface area contributed by atoms with Crippen molar-refractivity contribution < 1.29 is 23.8 Å². The SMILES string of the molecule is CNC(=O)COc1ccc(C(=O)Nc2cccc(OCc3ccccn3)c2)cc1OC. The van der Waals surface area contributed by atoms with Gasteiger partial charge in [-0.15, -0.1) is 0 Å². The first kappa shape index (κ1) is 21.6. The van der Waals surface area contributed by atoms with Crippen LogP contribution in [0.4, 0.5) is 5.69 Å². The van der Waals surface area contributed by atoms with Gasteiger partial charge in [0.15, 0.2) is 18.1 Å².